The minimum Gasteiger partial charge on any atom is -0.367 e. The summed E-state index contributed by atoms with van der Waals surface area (Å²) in [6.45, 7) is 0. The van der Waals surface area contributed by atoms with Crippen LogP contribution in [-0.2, 0) is 0 Å². The van der Waals surface area contributed by atoms with E-state index in [0.29, 0.717) is 17.5 Å². The van der Waals surface area contributed by atoms with Crippen LogP contribution in [0.3, 0.4) is 0 Å². The minimum absolute atomic E-state index is 0.0000826. The van der Waals surface area contributed by atoms with Crippen molar-refractivity contribution in [1.82, 2.24) is 14.7 Å². The van der Waals surface area contributed by atoms with Crippen molar-refractivity contribution in [1.29, 1.82) is 0 Å². The summed E-state index contributed by atoms with van der Waals surface area (Å²) >= 11 is 0. The molecular weight excluding hydrogens is 398 g/mol. The molecule has 2 heterocycles. The topological polar surface area (TPSA) is 84.5 Å². The van der Waals surface area contributed by atoms with Crippen molar-refractivity contribution < 1.29 is 4.79 Å². The molecule has 6 heteroatoms. The van der Waals surface area contributed by atoms with Crippen molar-refractivity contribution in [3.63, 3.8) is 0 Å². The normalized spacial score (nSPS) is 26.8. The molecule has 0 spiro atoms. The lowest BCUT2D eigenvalue weighted by atomic mass is 9.91. The minimum atomic E-state index is -0.0000826. The van der Waals surface area contributed by atoms with Crippen molar-refractivity contribution >= 4 is 17.4 Å². The molecule has 0 bridgehead atoms. The molecule has 0 radical (unpaired) electrons. The summed E-state index contributed by atoms with van der Waals surface area (Å²) in [5.41, 5.74) is 8.74. The number of carbonyl (C=O) groups excluding carboxylic acids is 1. The van der Waals surface area contributed by atoms with Gasteiger partial charge in [0.05, 0.1) is 5.69 Å². The van der Waals surface area contributed by atoms with E-state index in [-0.39, 0.29) is 18.0 Å². The number of amides is 1. The fraction of sp³-hybridized carbons (Fsp3) is 0.615. The third-order valence-electron chi connectivity index (χ3n) is 7.62. The summed E-state index contributed by atoms with van der Waals surface area (Å²) in [6.07, 6.45) is 20.2. The zero-order chi connectivity index (χ0) is 21.9. The number of allylic oxidation sites excluding steroid dienone is 2. The molecule has 32 heavy (non-hydrogen) atoms. The second-order valence-corrected chi connectivity index (χ2v) is 10.0. The smallest absolute Gasteiger partial charge is 0.251 e. The summed E-state index contributed by atoms with van der Waals surface area (Å²) in [7, 11) is 0. The predicted octanol–water partition coefficient (Wildman–Crippen LogP) is 4.90. The lowest BCUT2D eigenvalue weighted by molar-refractivity contribution is 0.0926. The molecule has 2 aromatic rings. The molecule has 2 aromatic heterocycles. The molecule has 2 saturated carbocycles. The van der Waals surface area contributed by atoms with Gasteiger partial charge in [0.2, 0.25) is 0 Å². The van der Waals surface area contributed by atoms with E-state index in [1.807, 2.05) is 18.3 Å². The summed E-state index contributed by atoms with van der Waals surface area (Å²) < 4.78 is 2.17. The Kier molecular flexibility index (Phi) is 6.49. The van der Waals surface area contributed by atoms with Crippen LogP contribution < -0.4 is 16.4 Å². The highest BCUT2D eigenvalue weighted by Crippen LogP contribution is 2.35. The Balaban J connectivity index is 1.40. The van der Waals surface area contributed by atoms with Crippen molar-refractivity contribution in [2.24, 2.45) is 5.73 Å². The SMILES string of the molecule is NC1CCC(NC(=O)c2ccn3c(NC4CCCCC4)c(C4CC=CCC4)nc3c2)CC1. The molecule has 5 rings (SSSR count). The van der Waals surface area contributed by atoms with Crippen LogP contribution in [0.1, 0.15) is 99.0 Å². The van der Waals surface area contributed by atoms with Gasteiger partial charge in [-0.2, -0.15) is 0 Å². The van der Waals surface area contributed by atoms with Crippen LogP contribution in [0.4, 0.5) is 5.82 Å². The van der Waals surface area contributed by atoms with E-state index in [4.69, 9.17) is 10.7 Å². The molecule has 4 N–H and O–H groups in total. The van der Waals surface area contributed by atoms with Gasteiger partial charge in [0.1, 0.15) is 11.5 Å². The lowest BCUT2D eigenvalue weighted by Gasteiger charge is -2.26. The number of anilines is 1. The van der Waals surface area contributed by atoms with Crippen molar-refractivity contribution in [2.45, 2.75) is 101 Å². The third-order valence-corrected chi connectivity index (χ3v) is 7.62. The number of rotatable bonds is 5. The number of pyridine rings is 1. The van der Waals surface area contributed by atoms with Gasteiger partial charge in [-0.05, 0) is 69.9 Å². The number of aromatic nitrogens is 2. The first-order chi connectivity index (χ1) is 15.7. The van der Waals surface area contributed by atoms with Gasteiger partial charge in [-0.1, -0.05) is 31.4 Å². The van der Waals surface area contributed by atoms with Crippen LogP contribution in [0, 0.1) is 0 Å². The Morgan fingerprint density at radius 3 is 2.56 bits per heavy atom. The predicted molar refractivity (Wildman–Crippen MR) is 129 cm³/mol. The average molecular weight is 436 g/mol. The number of hydrogen-bond acceptors (Lipinski definition) is 4. The summed E-state index contributed by atoms with van der Waals surface area (Å²) in [5, 5.41) is 7.07. The van der Waals surface area contributed by atoms with Crippen LogP contribution in [0.15, 0.2) is 30.5 Å². The number of hydrogen-bond donors (Lipinski definition) is 3. The molecule has 1 atom stereocenters. The highest BCUT2D eigenvalue weighted by molar-refractivity contribution is 5.95. The molecule has 0 aromatic carbocycles. The number of carbonyl (C=O) groups is 1. The summed E-state index contributed by atoms with van der Waals surface area (Å²) in [5.74, 6) is 1.58. The van der Waals surface area contributed by atoms with Crippen LogP contribution >= 0.6 is 0 Å². The van der Waals surface area contributed by atoms with E-state index in [1.54, 1.807) is 0 Å². The average Bonchev–Trinajstić information content (AvgIpc) is 3.19. The van der Waals surface area contributed by atoms with E-state index >= 15 is 0 Å². The molecular formula is C26H37N5O. The molecule has 2 fully saturated rings. The Morgan fingerprint density at radius 2 is 1.81 bits per heavy atom. The maximum atomic E-state index is 12.9. The van der Waals surface area contributed by atoms with Gasteiger partial charge in [0, 0.05) is 35.8 Å². The van der Waals surface area contributed by atoms with E-state index in [0.717, 1.165) is 56.4 Å². The maximum absolute atomic E-state index is 12.9. The first kappa shape index (κ1) is 21.5. The van der Waals surface area contributed by atoms with Gasteiger partial charge in [-0.3, -0.25) is 9.20 Å². The number of nitrogens with zero attached hydrogens (tertiary/aromatic N) is 2. The molecule has 3 aliphatic rings. The van der Waals surface area contributed by atoms with Crippen LogP contribution in [0.2, 0.25) is 0 Å². The van der Waals surface area contributed by atoms with E-state index in [1.165, 1.54) is 37.8 Å². The molecule has 0 aliphatic heterocycles. The van der Waals surface area contributed by atoms with E-state index in [2.05, 4.69) is 27.2 Å². The number of nitrogens with two attached hydrogens (primary N) is 1. The zero-order valence-electron chi connectivity index (χ0n) is 19.1. The first-order valence-electron chi connectivity index (χ1n) is 12.7. The standard InChI is InChI=1S/C26H37N5O/c27-20-11-13-22(14-12-20)29-26(32)19-15-16-31-23(17-19)30-24(18-7-3-1-4-8-18)25(31)28-21-9-5-2-6-10-21/h1,3,15-18,20-22,28H,2,4-14,27H2,(H,29,32). The van der Waals surface area contributed by atoms with Gasteiger partial charge >= 0.3 is 0 Å². The quantitative estimate of drug-likeness (QED) is 0.583. The second kappa shape index (κ2) is 9.65. The van der Waals surface area contributed by atoms with Crippen molar-refractivity contribution in [3.8, 4) is 0 Å². The zero-order valence-corrected chi connectivity index (χ0v) is 19.1. The Labute approximate surface area is 191 Å². The largest absolute Gasteiger partial charge is 0.367 e. The van der Waals surface area contributed by atoms with Gasteiger partial charge < -0.3 is 16.4 Å². The number of imidazole rings is 1. The molecule has 0 saturated heterocycles. The number of fused-ring (bicyclic) bond motifs is 1. The Bertz CT molecular complexity index is 966. The summed E-state index contributed by atoms with van der Waals surface area (Å²) in [6, 6.07) is 4.92. The first-order valence-corrected chi connectivity index (χ1v) is 12.7. The molecule has 3 aliphatic carbocycles. The third kappa shape index (κ3) is 4.70. The molecule has 6 nitrogen and oxygen atoms in total. The van der Waals surface area contributed by atoms with E-state index in [9.17, 15) is 4.79 Å². The van der Waals surface area contributed by atoms with Gasteiger partial charge in [0.25, 0.3) is 5.91 Å². The monoisotopic (exact) mass is 435 g/mol. The fourth-order valence-corrected chi connectivity index (χ4v) is 5.65. The fourth-order valence-electron chi connectivity index (χ4n) is 5.65. The van der Waals surface area contributed by atoms with Crippen molar-refractivity contribution in [2.75, 3.05) is 5.32 Å². The van der Waals surface area contributed by atoms with Gasteiger partial charge in [-0.15, -0.1) is 0 Å². The molecule has 1 amide bonds. The Morgan fingerprint density at radius 1 is 1.00 bits per heavy atom. The highest BCUT2D eigenvalue weighted by atomic mass is 16.1. The van der Waals surface area contributed by atoms with Crippen LogP contribution in [-0.4, -0.2) is 33.4 Å². The second-order valence-electron chi connectivity index (χ2n) is 10.0. The lowest BCUT2D eigenvalue weighted by Crippen LogP contribution is -2.40. The highest BCUT2D eigenvalue weighted by Gasteiger charge is 2.25. The molecule has 172 valence electrons. The van der Waals surface area contributed by atoms with E-state index < -0.39 is 0 Å². The van der Waals surface area contributed by atoms with Crippen LogP contribution in [0.5, 0.6) is 0 Å². The van der Waals surface area contributed by atoms with Crippen molar-refractivity contribution in [3.05, 3.63) is 41.7 Å². The van der Waals surface area contributed by atoms with Crippen LogP contribution in [0.25, 0.3) is 5.65 Å². The summed E-state index contributed by atoms with van der Waals surface area (Å²) in [4.78, 5) is 18.0. The number of nitrogens with one attached hydrogen (secondary N) is 2. The van der Waals surface area contributed by atoms with Gasteiger partial charge in [0.15, 0.2) is 0 Å². The molecule has 1 unspecified atom stereocenters. The maximum Gasteiger partial charge on any atom is 0.251 e. The Hall–Kier alpha value is -2.34. The van der Waals surface area contributed by atoms with Gasteiger partial charge in [-0.25, -0.2) is 4.98 Å².